The van der Waals surface area contributed by atoms with Crippen LogP contribution in [0.15, 0.2) is 66.7 Å². The molecule has 0 radical (unpaired) electrons. The molecule has 1 N–H and O–H groups in total. The maximum Gasteiger partial charge on any atom is 0.149 e. The minimum absolute atomic E-state index is 0.273. The second kappa shape index (κ2) is 7.99. The Bertz CT molecular complexity index is 1230. The molecule has 0 amide bonds. The van der Waals surface area contributed by atoms with Gasteiger partial charge in [0.15, 0.2) is 0 Å². The number of ether oxygens (including phenoxy) is 1. The number of H-pyrrole nitrogens is 1. The Balaban J connectivity index is 1.56. The van der Waals surface area contributed by atoms with Crippen molar-refractivity contribution in [2.75, 3.05) is 0 Å². The molecule has 0 bridgehead atoms. The zero-order valence-corrected chi connectivity index (χ0v) is 15.8. The van der Waals surface area contributed by atoms with Crippen molar-refractivity contribution in [1.29, 1.82) is 5.26 Å². The average molecular weight is 383 g/mol. The molecule has 3 aromatic carbocycles. The topological polar surface area (TPSA) is 61.7 Å². The number of rotatable bonds is 5. The van der Waals surface area contributed by atoms with Crippen LogP contribution in [0.3, 0.4) is 0 Å². The number of nitrogens with zero attached hydrogens (tertiary/aromatic N) is 2. The van der Waals surface area contributed by atoms with Gasteiger partial charge in [-0.2, -0.15) is 5.26 Å². The molecule has 0 atom stereocenters. The lowest BCUT2D eigenvalue weighted by atomic mass is 10.1. The minimum atomic E-state index is -0.273. The molecule has 4 aromatic rings. The van der Waals surface area contributed by atoms with E-state index >= 15 is 0 Å². The predicted molar refractivity (Wildman–Crippen MR) is 111 cm³/mol. The Labute approximate surface area is 167 Å². The van der Waals surface area contributed by atoms with Crippen LogP contribution in [0.25, 0.3) is 22.7 Å². The second-order valence-electron chi connectivity index (χ2n) is 6.76. The smallest absolute Gasteiger partial charge is 0.149 e. The van der Waals surface area contributed by atoms with Crippen molar-refractivity contribution in [2.45, 2.75) is 13.5 Å². The van der Waals surface area contributed by atoms with E-state index in [1.165, 1.54) is 12.1 Å². The summed E-state index contributed by atoms with van der Waals surface area (Å²) in [6.07, 6.45) is 1.77. The number of benzene rings is 3. The Morgan fingerprint density at radius 1 is 1.14 bits per heavy atom. The van der Waals surface area contributed by atoms with Crippen LogP contribution >= 0.6 is 0 Å². The number of imidazole rings is 1. The molecule has 4 nitrogen and oxygen atoms in total. The number of aromatic nitrogens is 2. The van der Waals surface area contributed by atoms with Gasteiger partial charge in [0.1, 0.15) is 30.1 Å². The summed E-state index contributed by atoms with van der Waals surface area (Å²) < 4.78 is 18.8. The molecule has 0 saturated carbocycles. The number of nitrogens with one attached hydrogen (secondary N) is 1. The van der Waals surface area contributed by atoms with Crippen molar-refractivity contribution in [1.82, 2.24) is 9.97 Å². The molecule has 5 heteroatoms. The van der Waals surface area contributed by atoms with Gasteiger partial charge >= 0.3 is 0 Å². The van der Waals surface area contributed by atoms with Crippen LogP contribution in [0, 0.1) is 24.1 Å². The molecule has 142 valence electrons. The first-order chi connectivity index (χ1) is 14.1. The van der Waals surface area contributed by atoms with E-state index in [0.717, 1.165) is 27.7 Å². The summed E-state index contributed by atoms with van der Waals surface area (Å²) in [7, 11) is 0. The van der Waals surface area contributed by atoms with Crippen molar-refractivity contribution in [3.8, 4) is 11.8 Å². The Morgan fingerprint density at radius 2 is 1.97 bits per heavy atom. The van der Waals surface area contributed by atoms with Gasteiger partial charge in [-0.05, 0) is 66.1 Å². The van der Waals surface area contributed by atoms with E-state index in [9.17, 15) is 9.65 Å². The van der Waals surface area contributed by atoms with Crippen molar-refractivity contribution in [2.24, 2.45) is 0 Å². The number of nitriles is 1. The van der Waals surface area contributed by atoms with E-state index in [1.807, 2.05) is 49.4 Å². The number of allylic oxidation sites excluding steroid dienone is 1. The Hall–Kier alpha value is -3.91. The average Bonchev–Trinajstić information content (AvgIpc) is 3.15. The third-order valence-electron chi connectivity index (χ3n) is 4.50. The number of hydrogen-bond acceptors (Lipinski definition) is 3. The summed E-state index contributed by atoms with van der Waals surface area (Å²) in [6, 6.07) is 21.8. The highest BCUT2D eigenvalue weighted by atomic mass is 19.1. The number of aryl methyl sites for hydroxylation is 1. The minimum Gasteiger partial charge on any atom is -0.489 e. The molecule has 0 spiro atoms. The van der Waals surface area contributed by atoms with Gasteiger partial charge < -0.3 is 9.72 Å². The van der Waals surface area contributed by atoms with Crippen molar-refractivity contribution >= 4 is 22.7 Å². The van der Waals surface area contributed by atoms with Crippen molar-refractivity contribution in [3.63, 3.8) is 0 Å². The van der Waals surface area contributed by atoms with E-state index in [0.29, 0.717) is 23.8 Å². The molecule has 0 fully saturated rings. The second-order valence-corrected chi connectivity index (χ2v) is 6.76. The van der Waals surface area contributed by atoms with Gasteiger partial charge in [-0.25, -0.2) is 9.37 Å². The first kappa shape index (κ1) is 18.5. The largest absolute Gasteiger partial charge is 0.489 e. The Morgan fingerprint density at radius 3 is 2.76 bits per heavy atom. The predicted octanol–water partition coefficient (Wildman–Crippen LogP) is 5.65. The molecule has 0 aliphatic heterocycles. The highest BCUT2D eigenvalue weighted by Crippen LogP contribution is 2.22. The number of aromatic amines is 1. The van der Waals surface area contributed by atoms with Crippen molar-refractivity contribution < 1.29 is 9.13 Å². The summed E-state index contributed by atoms with van der Waals surface area (Å²) >= 11 is 0. The van der Waals surface area contributed by atoms with Crippen LogP contribution in [-0.2, 0) is 6.61 Å². The molecule has 0 saturated heterocycles. The van der Waals surface area contributed by atoms with E-state index < -0.39 is 0 Å². The molecular formula is C24H18FN3O. The van der Waals surface area contributed by atoms with Gasteiger partial charge in [0.2, 0.25) is 0 Å². The van der Waals surface area contributed by atoms with Crippen LogP contribution < -0.4 is 4.74 Å². The van der Waals surface area contributed by atoms with E-state index in [1.54, 1.807) is 18.2 Å². The maximum absolute atomic E-state index is 13.0. The van der Waals surface area contributed by atoms with Crippen LogP contribution in [0.5, 0.6) is 5.75 Å². The normalized spacial score (nSPS) is 11.4. The van der Waals surface area contributed by atoms with Gasteiger partial charge in [-0.3, -0.25) is 0 Å². The van der Waals surface area contributed by atoms with E-state index in [4.69, 9.17) is 4.74 Å². The molecule has 1 aromatic heterocycles. The highest BCUT2D eigenvalue weighted by Gasteiger charge is 2.08. The molecule has 0 aliphatic rings. The monoisotopic (exact) mass is 383 g/mol. The number of halogens is 1. The number of hydrogen-bond donors (Lipinski definition) is 1. The lowest BCUT2D eigenvalue weighted by Crippen LogP contribution is -1.95. The molecule has 0 unspecified atom stereocenters. The Kier molecular flexibility index (Phi) is 5.08. The van der Waals surface area contributed by atoms with Crippen LogP contribution in [0.1, 0.15) is 22.5 Å². The highest BCUT2D eigenvalue weighted by molar-refractivity contribution is 5.90. The zero-order chi connectivity index (χ0) is 20.2. The van der Waals surface area contributed by atoms with E-state index in [2.05, 4.69) is 16.0 Å². The van der Waals surface area contributed by atoms with Crippen LogP contribution in [0.4, 0.5) is 4.39 Å². The molecule has 1 heterocycles. The summed E-state index contributed by atoms with van der Waals surface area (Å²) in [5, 5.41) is 9.62. The van der Waals surface area contributed by atoms with Gasteiger partial charge in [-0.15, -0.1) is 0 Å². The molecule has 29 heavy (non-hydrogen) atoms. The lowest BCUT2D eigenvalue weighted by molar-refractivity contribution is 0.306. The fraction of sp³-hybridized carbons (Fsp3) is 0.0833. The molecule has 4 rings (SSSR count). The van der Waals surface area contributed by atoms with E-state index in [-0.39, 0.29) is 5.82 Å². The first-order valence-corrected chi connectivity index (χ1v) is 9.16. The van der Waals surface area contributed by atoms with Crippen LogP contribution in [0.2, 0.25) is 0 Å². The van der Waals surface area contributed by atoms with Crippen LogP contribution in [-0.4, -0.2) is 9.97 Å². The molecular weight excluding hydrogens is 365 g/mol. The fourth-order valence-corrected chi connectivity index (χ4v) is 3.01. The fourth-order valence-electron chi connectivity index (χ4n) is 3.01. The number of fused-ring (bicyclic) bond motifs is 1. The summed E-state index contributed by atoms with van der Waals surface area (Å²) in [5.74, 6) is 0.928. The summed E-state index contributed by atoms with van der Waals surface area (Å²) in [4.78, 5) is 7.73. The quantitative estimate of drug-likeness (QED) is 0.453. The standard InChI is InChI=1S/C24H18FN3O/c1-16-5-10-22-23(11-16)28-24(27-22)19(14-26)12-18-3-2-4-21(13-18)29-15-17-6-8-20(25)9-7-17/h2-13H,15H2,1H3,(H,27,28). The van der Waals surface area contributed by atoms with Gasteiger partial charge in [0, 0.05) is 0 Å². The third-order valence-corrected chi connectivity index (χ3v) is 4.50. The summed E-state index contributed by atoms with van der Waals surface area (Å²) in [5.41, 5.74) is 4.99. The lowest BCUT2D eigenvalue weighted by Gasteiger charge is -2.07. The van der Waals surface area contributed by atoms with Crippen molar-refractivity contribution in [3.05, 3.63) is 95.1 Å². The first-order valence-electron chi connectivity index (χ1n) is 9.16. The zero-order valence-electron chi connectivity index (χ0n) is 15.8. The SMILES string of the molecule is Cc1ccc2nc(C(C#N)=Cc3cccc(OCc4ccc(F)cc4)c3)[nH]c2c1. The maximum atomic E-state index is 13.0. The van der Waals surface area contributed by atoms with Gasteiger partial charge in [-0.1, -0.05) is 30.3 Å². The van der Waals surface area contributed by atoms with Gasteiger partial charge in [0.25, 0.3) is 0 Å². The molecule has 0 aliphatic carbocycles. The third kappa shape index (κ3) is 4.33. The van der Waals surface area contributed by atoms with Gasteiger partial charge in [0.05, 0.1) is 16.6 Å². The summed E-state index contributed by atoms with van der Waals surface area (Å²) in [6.45, 7) is 2.35.